The number of rotatable bonds is 18. The molecule has 0 aromatic rings. The summed E-state index contributed by atoms with van der Waals surface area (Å²) in [5.41, 5.74) is 6.17. The Labute approximate surface area is 264 Å². The van der Waals surface area contributed by atoms with E-state index in [2.05, 4.69) is 102 Å². The Balaban J connectivity index is 0. The largest absolute Gasteiger partial charge is 0.396 e. The van der Waals surface area contributed by atoms with Gasteiger partial charge >= 0.3 is 0 Å². The van der Waals surface area contributed by atoms with Crippen LogP contribution in [-0.2, 0) is 4.74 Å². The Morgan fingerprint density at radius 2 is 1.62 bits per heavy atom. The Morgan fingerprint density at radius 1 is 1.05 bits per heavy atom. The average Bonchev–Trinajstić information content (AvgIpc) is 3.75. The first-order valence-corrected chi connectivity index (χ1v) is 17.1. The lowest BCUT2D eigenvalue weighted by atomic mass is 9.80. The van der Waals surface area contributed by atoms with Crippen molar-refractivity contribution in [2.75, 3.05) is 20.3 Å². The summed E-state index contributed by atoms with van der Waals surface area (Å²) in [5, 5.41) is 9.41. The standard InChI is InChI=1S/C30H53NO2.C5H12.C4H8/c1-11-16-28(18-14-17-23(4)24(5)22-32)29(13-3)31-26(7)27(12-2)21-25(6)30(8,9)19-15-20-33-10;1-4-5(2)3;1-4-2-3-4/h13,16,21,23-24,32H,3,11-12,14-15,17-20,22H2,1-2,4-10H3;5H,4H2,1-3H3;4H,2-3H2,1H3/b25-21+,27-26+,28-16+,31-29+;;. The number of hydrogen-bond donors (Lipinski definition) is 1. The lowest BCUT2D eigenvalue weighted by Crippen LogP contribution is -2.14. The number of allylic oxidation sites excluding steroid dienone is 7. The van der Waals surface area contributed by atoms with Gasteiger partial charge in [0.05, 0.1) is 5.71 Å². The van der Waals surface area contributed by atoms with Crippen LogP contribution in [0.3, 0.4) is 0 Å². The first kappa shape index (κ1) is 42.7. The van der Waals surface area contributed by atoms with E-state index in [1.54, 1.807) is 7.11 Å². The summed E-state index contributed by atoms with van der Waals surface area (Å²) in [5.74, 6) is 2.84. The van der Waals surface area contributed by atoms with Crippen molar-refractivity contribution in [2.24, 2.45) is 34.1 Å². The molecule has 42 heavy (non-hydrogen) atoms. The van der Waals surface area contributed by atoms with Crippen molar-refractivity contribution in [3.8, 4) is 0 Å². The molecule has 0 heterocycles. The van der Waals surface area contributed by atoms with Crippen LogP contribution >= 0.6 is 0 Å². The molecule has 2 unspecified atom stereocenters. The Hall–Kier alpha value is -1.45. The maximum atomic E-state index is 9.41. The van der Waals surface area contributed by atoms with Gasteiger partial charge in [-0.25, -0.2) is 0 Å². The normalized spacial score (nSPS) is 16.6. The van der Waals surface area contributed by atoms with E-state index in [1.807, 2.05) is 6.08 Å². The van der Waals surface area contributed by atoms with Gasteiger partial charge in [-0.15, -0.1) is 0 Å². The molecule has 0 spiro atoms. The molecule has 0 aromatic carbocycles. The minimum atomic E-state index is 0.139. The minimum Gasteiger partial charge on any atom is -0.396 e. The molecule has 0 bridgehead atoms. The third kappa shape index (κ3) is 21.3. The number of aliphatic hydroxyl groups excluding tert-OH is 1. The van der Waals surface area contributed by atoms with Gasteiger partial charge in [-0.05, 0) is 98.7 Å². The number of aliphatic imine (C=N–C) groups is 1. The van der Waals surface area contributed by atoms with Crippen molar-refractivity contribution >= 4 is 5.71 Å². The molecule has 0 aromatic heterocycles. The van der Waals surface area contributed by atoms with Gasteiger partial charge in [-0.3, -0.25) is 4.99 Å². The third-order valence-electron chi connectivity index (χ3n) is 8.76. The summed E-state index contributed by atoms with van der Waals surface area (Å²) in [6.45, 7) is 31.8. The molecule has 0 aliphatic heterocycles. The van der Waals surface area contributed by atoms with Crippen LogP contribution in [-0.4, -0.2) is 31.1 Å². The number of methoxy groups -OCH3 is 1. The van der Waals surface area contributed by atoms with E-state index in [9.17, 15) is 5.11 Å². The highest BCUT2D eigenvalue weighted by atomic mass is 16.5. The van der Waals surface area contributed by atoms with Crippen LogP contribution in [0.4, 0.5) is 0 Å². The van der Waals surface area contributed by atoms with E-state index in [1.165, 1.54) is 36.0 Å². The van der Waals surface area contributed by atoms with Crippen molar-refractivity contribution in [1.82, 2.24) is 0 Å². The molecular formula is C39H73NO2. The first-order valence-electron chi connectivity index (χ1n) is 17.1. The fourth-order valence-electron chi connectivity index (χ4n) is 4.10. The Bertz CT molecular complexity index is 823. The smallest absolute Gasteiger partial charge is 0.0655 e. The molecule has 0 radical (unpaired) electrons. The van der Waals surface area contributed by atoms with Gasteiger partial charge in [0.1, 0.15) is 0 Å². The second kappa shape index (κ2) is 24.9. The van der Waals surface area contributed by atoms with Crippen molar-refractivity contribution in [3.63, 3.8) is 0 Å². The van der Waals surface area contributed by atoms with Gasteiger partial charge in [-0.1, -0.05) is 119 Å². The number of aliphatic hydroxyl groups is 1. The molecule has 3 nitrogen and oxygen atoms in total. The highest BCUT2D eigenvalue weighted by molar-refractivity contribution is 6.08. The molecule has 1 N–H and O–H groups in total. The first-order chi connectivity index (χ1) is 19.7. The summed E-state index contributed by atoms with van der Waals surface area (Å²) in [6, 6.07) is 0. The topological polar surface area (TPSA) is 41.8 Å². The van der Waals surface area contributed by atoms with Gasteiger partial charge in [0.25, 0.3) is 0 Å². The van der Waals surface area contributed by atoms with E-state index in [-0.39, 0.29) is 12.0 Å². The minimum absolute atomic E-state index is 0.139. The summed E-state index contributed by atoms with van der Waals surface area (Å²) >= 11 is 0. The van der Waals surface area contributed by atoms with Crippen molar-refractivity contribution < 1.29 is 9.84 Å². The molecule has 1 fully saturated rings. The third-order valence-corrected chi connectivity index (χ3v) is 8.76. The molecule has 1 saturated carbocycles. The summed E-state index contributed by atoms with van der Waals surface area (Å²) < 4.78 is 5.24. The van der Waals surface area contributed by atoms with Gasteiger partial charge in [0, 0.05) is 26.0 Å². The molecule has 0 saturated heterocycles. The quantitative estimate of drug-likeness (QED) is 0.0984. The maximum Gasteiger partial charge on any atom is 0.0655 e. The van der Waals surface area contributed by atoms with E-state index in [0.29, 0.717) is 11.8 Å². The fraction of sp³-hybridized carbons (Fsp3) is 0.769. The molecule has 0 amide bonds. The van der Waals surface area contributed by atoms with Crippen LogP contribution in [0.1, 0.15) is 147 Å². The highest BCUT2D eigenvalue weighted by Crippen LogP contribution is 2.33. The second-order valence-electron chi connectivity index (χ2n) is 13.6. The zero-order valence-electron chi connectivity index (χ0n) is 30.5. The molecule has 3 heteroatoms. The van der Waals surface area contributed by atoms with Crippen LogP contribution in [0, 0.1) is 29.1 Å². The van der Waals surface area contributed by atoms with Crippen molar-refractivity contribution in [1.29, 1.82) is 0 Å². The van der Waals surface area contributed by atoms with Gasteiger partial charge in [-0.2, -0.15) is 0 Å². The van der Waals surface area contributed by atoms with Crippen LogP contribution in [0.25, 0.3) is 0 Å². The lowest BCUT2D eigenvalue weighted by molar-refractivity contribution is 0.181. The average molecular weight is 588 g/mol. The van der Waals surface area contributed by atoms with Gasteiger partial charge in [0.15, 0.2) is 0 Å². The molecule has 1 aliphatic rings. The molecule has 2 atom stereocenters. The molecule has 1 rings (SSSR count). The second-order valence-corrected chi connectivity index (χ2v) is 13.6. The SMILES string of the molecule is C=CC(=N\C(C)=C(\C=C(/C)C(C)(C)CCCOC)CC)/C(=C/CC)CCCC(C)C(C)CO.CC1CC1.CCC(C)C. The number of hydrogen-bond acceptors (Lipinski definition) is 3. The number of ether oxygens (including phenoxy) is 1. The lowest BCUT2D eigenvalue weighted by Gasteiger charge is -2.26. The van der Waals surface area contributed by atoms with Crippen LogP contribution in [0.2, 0.25) is 0 Å². The van der Waals surface area contributed by atoms with E-state index < -0.39 is 0 Å². The van der Waals surface area contributed by atoms with Crippen LogP contribution in [0.5, 0.6) is 0 Å². The van der Waals surface area contributed by atoms with Crippen LogP contribution in [0.15, 0.2) is 52.2 Å². The van der Waals surface area contributed by atoms with E-state index in [4.69, 9.17) is 9.73 Å². The highest BCUT2D eigenvalue weighted by Gasteiger charge is 2.20. The van der Waals surface area contributed by atoms with E-state index >= 15 is 0 Å². The fourth-order valence-corrected chi connectivity index (χ4v) is 4.10. The van der Waals surface area contributed by atoms with Crippen molar-refractivity contribution in [2.45, 2.75) is 147 Å². The number of nitrogens with zero attached hydrogens (tertiary/aromatic N) is 1. The predicted molar refractivity (Wildman–Crippen MR) is 190 cm³/mol. The molecule has 246 valence electrons. The predicted octanol–water partition coefficient (Wildman–Crippen LogP) is 11.9. The maximum absolute atomic E-state index is 9.41. The van der Waals surface area contributed by atoms with Gasteiger partial charge in [0.2, 0.25) is 0 Å². The van der Waals surface area contributed by atoms with E-state index in [0.717, 1.165) is 74.8 Å². The van der Waals surface area contributed by atoms with Gasteiger partial charge < -0.3 is 9.84 Å². The summed E-state index contributed by atoms with van der Waals surface area (Å²) in [4.78, 5) is 5.05. The zero-order valence-corrected chi connectivity index (χ0v) is 30.5. The van der Waals surface area contributed by atoms with Crippen LogP contribution < -0.4 is 0 Å². The molecule has 1 aliphatic carbocycles. The zero-order chi connectivity index (χ0) is 32.7. The monoisotopic (exact) mass is 588 g/mol. The summed E-state index contributed by atoms with van der Waals surface area (Å²) in [6.07, 6.45) is 18.1. The Kier molecular flexibility index (Phi) is 25.3. The summed E-state index contributed by atoms with van der Waals surface area (Å²) in [7, 11) is 1.77. The Morgan fingerprint density at radius 3 is 2.02 bits per heavy atom. The van der Waals surface area contributed by atoms with Crippen molar-refractivity contribution in [3.05, 3.63) is 47.2 Å². The molecular weight excluding hydrogens is 514 g/mol.